The van der Waals surface area contributed by atoms with E-state index in [1.54, 1.807) is 0 Å². The molecule has 1 aromatic carbocycles. The molecule has 1 aliphatic heterocycles. The largest absolute Gasteiger partial charge is 0.507 e. The van der Waals surface area contributed by atoms with Crippen LogP contribution in [0.5, 0.6) is 5.75 Å². The minimum Gasteiger partial charge on any atom is -0.507 e. The van der Waals surface area contributed by atoms with Crippen molar-refractivity contribution in [1.29, 1.82) is 0 Å². The van der Waals surface area contributed by atoms with E-state index in [1.807, 2.05) is 0 Å². The van der Waals surface area contributed by atoms with Crippen LogP contribution in [0.4, 0.5) is 8.78 Å². The molecule has 0 aromatic heterocycles. The maximum atomic E-state index is 14.1. The van der Waals surface area contributed by atoms with E-state index in [-0.39, 0.29) is 42.2 Å². The van der Waals surface area contributed by atoms with Gasteiger partial charge in [0.25, 0.3) is 0 Å². The summed E-state index contributed by atoms with van der Waals surface area (Å²) in [5, 5.41) is 13.2. The van der Waals surface area contributed by atoms with Crippen LogP contribution in [0, 0.1) is 17.6 Å². The van der Waals surface area contributed by atoms with E-state index in [1.165, 1.54) is 0 Å². The zero-order chi connectivity index (χ0) is 14.7. The number of nitrogens with one attached hydrogen (secondary N) is 1. The van der Waals surface area contributed by atoms with Gasteiger partial charge in [0.2, 0.25) is 0 Å². The fourth-order valence-corrected chi connectivity index (χ4v) is 2.79. The third kappa shape index (κ3) is 5.23. The average molecular weight is 357 g/mol. The first kappa shape index (κ1) is 21.4. The third-order valence-electron chi connectivity index (χ3n) is 3.69. The molecule has 0 unspecified atom stereocenters. The summed E-state index contributed by atoms with van der Waals surface area (Å²) < 4.78 is 27.3. The van der Waals surface area contributed by atoms with Crippen molar-refractivity contribution in [3.05, 3.63) is 29.3 Å². The van der Waals surface area contributed by atoms with Crippen molar-refractivity contribution in [3.8, 4) is 5.75 Å². The fraction of sp³-hybridized carbons (Fsp3) is 0.600. The van der Waals surface area contributed by atoms with Crippen LogP contribution in [-0.4, -0.2) is 36.2 Å². The Balaban J connectivity index is 0.00000220. The van der Waals surface area contributed by atoms with Gasteiger partial charge in [0, 0.05) is 49.9 Å². The molecule has 0 bridgehead atoms. The number of rotatable bonds is 4. The second kappa shape index (κ2) is 9.50. The first-order valence-corrected chi connectivity index (χ1v) is 7.11. The Hall–Kier alpha value is -0.620. The lowest BCUT2D eigenvalue weighted by molar-refractivity contribution is 0.148. The molecule has 0 saturated carbocycles. The van der Waals surface area contributed by atoms with Crippen molar-refractivity contribution in [2.45, 2.75) is 26.3 Å². The maximum Gasteiger partial charge on any atom is 0.134 e. The molecule has 7 heteroatoms. The van der Waals surface area contributed by atoms with Gasteiger partial charge in [-0.3, -0.25) is 4.90 Å². The lowest BCUT2D eigenvalue weighted by Crippen LogP contribution is -2.45. The minimum absolute atomic E-state index is 0. The second-order valence-corrected chi connectivity index (χ2v) is 5.75. The number of aromatic hydroxyl groups is 1. The van der Waals surface area contributed by atoms with Gasteiger partial charge in [0.15, 0.2) is 0 Å². The molecule has 2 rings (SSSR count). The molecule has 1 heterocycles. The first-order valence-electron chi connectivity index (χ1n) is 7.11. The van der Waals surface area contributed by atoms with Gasteiger partial charge in [-0.1, -0.05) is 13.8 Å². The van der Waals surface area contributed by atoms with Crippen LogP contribution in [0.2, 0.25) is 0 Å². The molecule has 0 aliphatic carbocycles. The Kier molecular flexibility index (Phi) is 9.24. The molecule has 1 aromatic rings. The predicted octanol–water partition coefficient (Wildman–Crippen LogP) is 3.51. The lowest BCUT2D eigenvalue weighted by Gasteiger charge is -2.36. The molecule has 22 heavy (non-hydrogen) atoms. The number of hydrogen-bond acceptors (Lipinski definition) is 3. The van der Waals surface area contributed by atoms with Crippen LogP contribution < -0.4 is 5.32 Å². The van der Waals surface area contributed by atoms with Crippen molar-refractivity contribution in [1.82, 2.24) is 10.2 Å². The number of phenols is 1. The zero-order valence-electron chi connectivity index (χ0n) is 12.8. The number of piperazine rings is 1. The molecular weight excluding hydrogens is 333 g/mol. The number of phenolic OH excluding ortho intramolecular Hbond substituents is 1. The third-order valence-corrected chi connectivity index (χ3v) is 3.69. The van der Waals surface area contributed by atoms with E-state index in [2.05, 4.69) is 24.1 Å². The van der Waals surface area contributed by atoms with Crippen LogP contribution in [-0.2, 0) is 0 Å². The normalized spacial score (nSPS) is 16.8. The van der Waals surface area contributed by atoms with Gasteiger partial charge in [-0.25, -0.2) is 8.78 Å². The summed E-state index contributed by atoms with van der Waals surface area (Å²) in [6.07, 6.45) is 0.732. The number of benzene rings is 1. The summed E-state index contributed by atoms with van der Waals surface area (Å²) in [7, 11) is 0. The van der Waals surface area contributed by atoms with Crippen molar-refractivity contribution >= 4 is 24.8 Å². The molecule has 1 aliphatic rings. The van der Waals surface area contributed by atoms with Crippen molar-refractivity contribution < 1.29 is 13.9 Å². The summed E-state index contributed by atoms with van der Waals surface area (Å²) >= 11 is 0. The minimum atomic E-state index is -0.743. The summed E-state index contributed by atoms with van der Waals surface area (Å²) in [6, 6.07) is 1.64. The standard InChI is InChI=1S/C15H22F2N2O.2ClH/c1-10(2)7-13(19-5-3-18-4-6-19)15-12(17)8-11(16)9-14(15)20;;/h8-10,13,18,20H,3-7H2,1-2H3;2*1H/t13-;;/m1../s1. The Bertz CT molecular complexity index is 446. The summed E-state index contributed by atoms with van der Waals surface area (Å²) in [6.45, 7) is 7.42. The van der Waals surface area contributed by atoms with Crippen LogP contribution in [0.1, 0.15) is 31.9 Å². The summed E-state index contributed by atoms with van der Waals surface area (Å²) in [5.41, 5.74) is 0.224. The Morgan fingerprint density at radius 1 is 1.18 bits per heavy atom. The van der Waals surface area contributed by atoms with Gasteiger partial charge in [-0.15, -0.1) is 24.8 Å². The molecule has 128 valence electrons. The zero-order valence-corrected chi connectivity index (χ0v) is 14.4. The molecule has 1 saturated heterocycles. The van der Waals surface area contributed by atoms with E-state index in [4.69, 9.17) is 0 Å². The van der Waals surface area contributed by atoms with E-state index >= 15 is 0 Å². The maximum absolute atomic E-state index is 14.1. The van der Waals surface area contributed by atoms with Crippen LogP contribution >= 0.6 is 24.8 Å². The molecule has 0 radical (unpaired) electrons. The van der Waals surface area contributed by atoms with Gasteiger partial charge in [-0.05, 0) is 12.3 Å². The topological polar surface area (TPSA) is 35.5 Å². The van der Waals surface area contributed by atoms with Gasteiger partial charge >= 0.3 is 0 Å². The number of halogens is 4. The highest BCUT2D eigenvalue weighted by molar-refractivity contribution is 5.85. The lowest BCUT2D eigenvalue weighted by atomic mass is 9.94. The van der Waals surface area contributed by atoms with Crippen molar-refractivity contribution in [3.63, 3.8) is 0 Å². The average Bonchev–Trinajstić information content (AvgIpc) is 2.37. The van der Waals surface area contributed by atoms with Gasteiger partial charge in [0.05, 0.1) is 0 Å². The van der Waals surface area contributed by atoms with Crippen LogP contribution in [0.3, 0.4) is 0 Å². The monoisotopic (exact) mass is 356 g/mol. The summed E-state index contributed by atoms with van der Waals surface area (Å²) in [5.74, 6) is -1.33. The van der Waals surface area contributed by atoms with Crippen molar-refractivity contribution in [2.24, 2.45) is 5.92 Å². The van der Waals surface area contributed by atoms with E-state index in [9.17, 15) is 13.9 Å². The molecule has 0 spiro atoms. The highest BCUT2D eigenvalue weighted by Crippen LogP contribution is 2.36. The van der Waals surface area contributed by atoms with Crippen LogP contribution in [0.25, 0.3) is 0 Å². The smallest absolute Gasteiger partial charge is 0.134 e. The van der Waals surface area contributed by atoms with Crippen LogP contribution in [0.15, 0.2) is 12.1 Å². The molecular formula is C15H24Cl2F2N2O. The Labute approximate surface area is 142 Å². The second-order valence-electron chi connectivity index (χ2n) is 5.75. The first-order chi connectivity index (χ1) is 9.49. The Morgan fingerprint density at radius 2 is 1.77 bits per heavy atom. The molecule has 0 amide bonds. The molecule has 1 atom stereocenters. The number of nitrogens with zero attached hydrogens (tertiary/aromatic N) is 1. The Morgan fingerprint density at radius 3 is 2.27 bits per heavy atom. The quantitative estimate of drug-likeness (QED) is 0.866. The summed E-state index contributed by atoms with van der Waals surface area (Å²) in [4.78, 5) is 2.16. The highest BCUT2D eigenvalue weighted by atomic mass is 35.5. The number of hydrogen-bond donors (Lipinski definition) is 2. The molecule has 1 fully saturated rings. The molecule has 3 nitrogen and oxygen atoms in total. The molecule has 2 N–H and O–H groups in total. The van der Waals surface area contributed by atoms with E-state index in [0.29, 0.717) is 5.92 Å². The fourth-order valence-electron chi connectivity index (χ4n) is 2.79. The van der Waals surface area contributed by atoms with E-state index < -0.39 is 11.6 Å². The van der Waals surface area contributed by atoms with Gasteiger partial charge in [0.1, 0.15) is 17.4 Å². The van der Waals surface area contributed by atoms with Gasteiger partial charge < -0.3 is 10.4 Å². The highest BCUT2D eigenvalue weighted by Gasteiger charge is 2.28. The predicted molar refractivity (Wildman–Crippen MR) is 89.2 cm³/mol. The van der Waals surface area contributed by atoms with Gasteiger partial charge in [-0.2, -0.15) is 0 Å². The van der Waals surface area contributed by atoms with Crippen molar-refractivity contribution in [2.75, 3.05) is 26.2 Å². The SMILES string of the molecule is CC(C)C[C@H](c1c(O)cc(F)cc1F)N1CCNCC1.Cl.Cl. The van der Waals surface area contributed by atoms with E-state index in [0.717, 1.165) is 44.7 Å².